The van der Waals surface area contributed by atoms with Gasteiger partial charge in [0.15, 0.2) is 0 Å². The van der Waals surface area contributed by atoms with Gasteiger partial charge in [0.2, 0.25) is 0 Å². The van der Waals surface area contributed by atoms with E-state index in [2.05, 4.69) is 4.18 Å². The molecule has 0 aromatic carbocycles. The van der Waals surface area contributed by atoms with E-state index in [4.69, 9.17) is 14.8 Å². The van der Waals surface area contributed by atoms with Gasteiger partial charge in [-0.1, -0.05) is 0 Å². The summed E-state index contributed by atoms with van der Waals surface area (Å²) < 4.78 is 33.7. The Labute approximate surface area is 115 Å². The summed E-state index contributed by atoms with van der Waals surface area (Å²) in [6.45, 7) is -1.68. The zero-order valence-corrected chi connectivity index (χ0v) is 11.3. The van der Waals surface area contributed by atoms with Gasteiger partial charge in [-0.3, -0.25) is 9.45 Å². The SMILES string of the molecule is O=S(=O)(O)O[C@H](CO)[C@H](O)CN1C[C@@H](O)[C@H](O)[C@H]1CO. The molecule has 1 aliphatic heterocycles. The van der Waals surface area contributed by atoms with E-state index >= 15 is 0 Å². The normalized spacial score (nSPS) is 31.4. The van der Waals surface area contributed by atoms with E-state index in [1.165, 1.54) is 4.90 Å². The maximum Gasteiger partial charge on any atom is 0.397 e. The lowest BCUT2D eigenvalue weighted by atomic mass is 10.1. The maximum absolute atomic E-state index is 10.5. The summed E-state index contributed by atoms with van der Waals surface area (Å²) >= 11 is 0. The molecular weight excluding hydrogens is 298 g/mol. The standard InChI is InChI=1S/C9H19NO9S/c11-3-5-9(15)7(14)2-10(5)1-6(13)8(4-12)19-20(16,17)18/h5-9,11-15H,1-4H2,(H,16,17,18)/t5-,6-,7-,8-,9-/m1/s1. The van der Waals surface area contributed by atoms with Crippen LogP contribution in [0.2, 0.25) is 0 Å². The Bertz CT molecular complexity index is 402. The Morgan fingerprint density at radius 3 is 2.35 bits per heavy atom. The maximum atomic E-state index is 10.5. The Morgan fingerprint density at radius 2 is 1.90 bits per heavy atom. The van der Waals surface area contributed by atoms with Crippen molar-refractivity contribution in [2.24, 2.45) is 0 Å². The van der Waals surface area contributed by atoms with Crippen LogP contribution in [0.3, 0.4) is 0 Å². The van der Waals surface area contributed by atoms with Crippen LogP contribution in [0.5, 0.6) is 0 Å². The topological polar surface area (TPSA) is 168 Å². The molecule has 6 N–H and O–H groups in total. The number of nitrogens with zero attached hydrogens (tertiary/aromatic N) is 1. The van der Waals surface area contributed by atoms with Gasteiger partial charge in [0.1, 0.15) is 6.10 Å². The number of aliphatic hydroxyl groups is 5. The van der Waals surface area contributed by atoms with E-state index in [1.54, 1.807) is 0 Å². The highest BCUT2D eigenvalue weighted by atomic mass is 32.3. The van der Waals surface area contributed by atoms with Crippen molar-refractivity contribution in [3.8, 4) is 0 Å². The summed E-state index contributed by atoms with van der Waals surface area (Å²) in [6.07, 6.45) is -5.44. The molecule has 20 heavy (non-hydrogen) atoms. The van der Waals surface area contributed by atoms with Gasteiger partial charge in [0.05, 0.1) is 37.6 Å². The van der Waals surface area contributed by atoms with E-state index in [-0.39, 0.29) is 13.1 Å². The molecule has 0 spiro atoms. The van der Waals surface area contributed by atoms with Crippen molar-refractivity contribution in [1.29, 1.82) is 0 Å². The second-order valence-electron chi connectivity index (χ2n) is 4.57. The Kier molecular flexibility index (Phi) is 6.25. The number of β-amino-alcohol motifs (C(OH)–C–C–N with tert-alkyl or cyclic N) is 2. The second kappa shape index (κ2) is 7.06. The highest BCUT2D eigenvalue weighted by Gasteiger charge is 2.41. The van der Waals surface area contributed by atoms with Gasteiger partial charge in [0.25, 0.3) is 0 Å². The van der Waals surface area contributed by atoms with E-state index in [0.717, 1.165) is 0 Å². The minimum atomic E-state index is -4.84. The molecule has 0 bridgehead atoms. The van der Waals surface area contributed by atoms with E-state index in [0.29, 0.717) is 0 Å². The van der Waals surface area contributed by atoms with Gasteiger partial charge in [-0.2, -0.15) is 8.42 Å². The molecule has 0 radical (unpaired) electrons. The van der Waals surface area contributed by atoms with Crippen molar-refractivity contribution in [3.05, 3.63) is 0 Å². The van der Waals surface area contributed by atoms with Crippen LogP contribution in [0.4, 0.5) is 0 Å². The number of hydrogen-bond donors (Lipinski definition) is 6. The molecule has 1 saturated heterocycles. The summed E-state index contributed by atoms with van der Waals surface area (Å²) in [7, 11) is -4.84. The molecule has 0 aromatic rings. The molecule has 1 heterocycles. The van der Waals surface area contributed by atoms with Crippen LogP contribution in [0.15, 0.2) is 0 Å². The van der Waals surface area contributed by atoms with Crippen LogP contribution in [-0.4, -0.2) is 100 Å². The van der Waals surface area contributed by atoms with E-state index in [1.807, 2.05) is 0 Å². The molecule has 0 amide bonds. The van der Waals surface area contributed by atoms with Crippen molar-refractivity contribution < 1.29 is 42.7 Å². The molecule has 1 rings (SSSR count). The smallest absolute Gasteiger partial charge is 0.395 e. The molecule has 1 fully saturated rings. The molecule has 1 aliphatic rings. The molecule has 120 valence electrons. The van der Waals surface area contributed by atoms with E-state index in [9.17, 15) is 23.7 Å². The third-order valence-electron chi connectivity index (χ3n) is 3.14. The van der Waals surface area contributed by atoms with Gasteiger partial charge in [0, 0.05) is 13.1 Å². The van der Waals surface area contributed by atoms with Gasteiger partial charge in [-0.25, -0.2) is 4.18 Å². The fourth-order valence-corrected chi connectivity index (χ4v) is 2.62. The first-order chi connectivity index (χ1) is 9.19. The van der Waals surface area contributed by atoms with Crippen molar-refractivity contribution >= 4 is 10.4 Å². The van der Waals surface area contributed by atoms with Crippen LogP contribution in [0, 0.1) is 0 Å². The Hall–Kier alpha value is -0.370. The number of aliphatic hydroxyl groups excluding tert-OH is 5. The quantitative estimate of drug-likeness (QED) is 0.254. The van der Waals surface area contributed by atoms with E-state index < -0.39 is 54.1 Å². The molecule has 0 saturated carbocycles. The lowest BCUT2D eigenvalue weighted by molar-refractivity contribution is -0.0283. The van der Waals surface area contributed by atoms with Crippen molar-refractivity contribution in [1.82, 2.24) is 4.90 Å². The van der Waals surface area contributed by atoms with Gasteiger partial charge >= 0.3 is 10.4 Å². The van der Waals surface area contributed by atoms with Crippen LogP contribution in [-0.2, 0) is 14.6 Å². The van der Waals surface area contributed by atoms with Gasteiger partial charge in [-0.05, 0) is 0 Å². The molecule has 10 nitrogen and oxygen atoms in total. The van der Waals surface area contributed by atoms with Crippen molar-refractivity contribution in [2.45, 2.75) is 30.5 Å². The largest absolute Gasteiger partial charge is 0.397 e. The lowest BCUT2D eigenvalue weighted by Crippen LogP contribution is -2.47. The van der Waals surface area contributed by atoms with Crippen molar-refractivity contribution in [2.75, 3.05) is 26.3 Å². The first kappa shape index (κ1) is 17.7. The van der Waals surface area contributed by atoms with Crippen LogP contribution in [0.1, 0.15) is 0 Å². The van der Waals surface area contributed by atoms with Gasteiger partial charge in [-0.15, -0.1) is 0 Å². The third-order valence-corrected chi connectivity index (χ3v) is 3.63. The molecule has 5 atom stereocenters. The van der Waals surface area contributed by atoms with Crippen molar-refractivity contribution in [3.63, 3.8) is 0 Å². The minimum Gasteiger partial charge on any atom is -0.395 e. The summed E-state index contributed by atoms with van der Waals surface area (Å²) in [4.78, 5) is 1.33. The fourth-order valence-electron chi connectivity index (χ4n) is 2.12. The predicted molar refractivity (Wildman–Crippen MR) is 64.0 cm³/mol. The zero-order chi connectivity index (χ0) is 15.5. The molecular formula is C9H19NO9S. The summed E-state index contributed by atoms with van der Waals surface area (Å²) in [5.41, 5.74) is 0. The molecule has 11 heteroatoms. The number of hydrogen-bond acceptors (Lipinski definition) is 9. The number of rotatable bonds is 7. The highest BCUT2D eigenvalue weighted by Crippen LogP contribution is 2.19. The van der Waals surface area contributed by atoms with Gasteiger partial charge < -0.3 is 25.5 Å². The zero-order valence-electron chi connectivity index (χ0n) is 10.5. The van der Waals surface area contributed by atoms with Crippen LogP contribution >= 0.6 is 0 Å². The lowest BCUT2D eigenvalue weighted by Gasteiger charge is -2.28. The first-order valence-electron chi connectivity index (χ1n) is 5.85. The monoisotopic (exact) mass is 317 g/mol. The van der Waals surface area contributed by atoms with Crippen LogP contribution in [0.25, 0.3) is 0 Å². The fraction of sp³-hybridized carbons (Fsp3) is 1.00. The Balaban J connectivity index is 2.66. The number of likely N-dealkylation sites (tertiary alicyclic amines) is 1. The average Bonchev–Trinajstić information content (AvgIpc) is 2.60. The first-order valence-corrected chi connectivity index (χ1v) is 7.21. The minimum absolute atomic E-state index is 0.0481. The third kappa shape index (κ3) is 4.58. The molecule has 0 aliphatic carbocycles. The second-order valence-corrected chi connectivity index (χ2v) is 5.62. The Morgan fingerprint density at radius 1 is 1.30 bits per heavy atom. The average molecular weight is 317 g/mol. The summed E-state index contributed by atoms with van der Waals surface area (Å²) in [5.74, 6) is 0. The predicted octanol–water partition coefficient (Wildman–Crippen LogP) is -4.07. The highest BCUT2D eigenvalue weighted by molar-refractivity contribution is 7.80. The molecule has 0 unspecified atom stereocenters. The van der Waals surface area contributed by atoms with Crippen LogP contribution < -0.4 is 0 Å². The summed E-state index contributed by atoms with van der Waals surface area (Å²) in [6, 6.07) is -0.829. The molecule has 0 aromatic heterocycles. The summed E-state index contributed by atoms with van der Waals surface area (Å²) in [5, 5.41) is 46.9.